The number of hydrogen-bond acceptors (Lipinski definition) is 3. The molecule has 0 fully saturated rings. The Morgan fingerprint density at radius 1 is 0.538 bits per heavy atom. The van der Waals surface area contributed by atoms with E-state index in [1.807, 2.05) is 60.7 Å². The van der Waals surface area contributed by atoms with E-state index in [1.165, 1.54) is 0 Å². The fourth-order valence-corrected chi connectivity index (χ4v) is 2.73. The molecule has 1 heterocycles. The number of aryl methyl sites for hydroxylation is 2. The van der Waals surface area contributed by atoms with Gasteiger partial charge in [-0.05, 0) is 62.1 Å². The molecule has 0 amide bonds. The molecule has 0 bridgehead atoms. The fraction of sp³-hybridized carbons (Fsp3) is 0.261. The first kappa shape index (κ1) is 18.0. The Bertz CT molecular complexity index is 697. The van der Waals surface area contributed by atoms with Crippen LogP contribution in [0, 0.1) is 0 Å². The highest BCUT2D eigenvalue weighted by Gasteiger charge is 2.00. The van der Waals surface area contributed by atoms with E-state index in [4.69, 9.17) is 14.5 Å². The normalized spacial score (nSPS) is 10.5. The number of para-hydroxylation sites is 2. The van der Waals surface area contributed by atoms with Crippen molar-refractivity contribution in [3.63, 3.8) is 0 Å². The van der Waals surface area contributed by atoms with Crippen LogP contribution in [0.1, 0.15) is 24.2 Å². The number of nitrogens with zero attached hydrogens (tertiary/aromatic N) is 1. The van der Waals surface area contributed by atoms with Crippen LogP contribution in [-0.4, -0.2) is 18.2 Å². The SMILES string of the molecule is c1ccc(OCCCc2cccc(CCCOc3ccccc3)n2)cc1. The lowest BCUT2D eigenvalue weighted by molar-refractivity contribution is 0.309. The summed E-state index contributed by atoms with van der Waals surface area (Å²) in [5, 5.41) is 0. The van der Waals surface area contributed by atoms with E-state index in [1.54, 1.807) is 0 Å². The molecule has 1 aromatic heterocycles. The van der Waals surface area contributed by atoms with Crippen LogP contribution in [0.15, 0.2) is 78.9 Å². The molecule has 3 aromatic rings. The average Bonchev–Trinajstić information content (AvgIpc) is 2.71. The number of hydrogen-bond donors (Lipinski definition) is 0. The first-order chi connectivity index (χ1) is 12.9. The van der Waals surface area contributed by atoms with E-state index >= 15 is 0 Å². The van der Waals surface area contributed by atoms with Gasteiger partial charge in [0.2, 0.25) is 0 Å². The summed E-state index contributed by atoms with van der Waals surface area (Å²) in [4.78, 5) is 4.75. The summed E-state index contributed by atoms with van der Waals surface area (Å²) < 4.78 is 11.5. The van der Waals surface area contributed by atoms with Crippen molar-refractivity contribution >= 4 is 0 Å². The Kier molecular flexibility index (Phi) is 7.09. The highest BCUT2D eigenvalue weighted by Crippen LogP contribution is 2.11. The molecule has 0 spiro atoms. The second-order valence-electron chi connectivity index (χ2n) is 6.15. The van der Waals surface area contributed by atoms with E-state index in [0.29, 0.717) is 13.2 Å². The predicted octanol–water partition coefficient (Wildman–Crippen LogP) is 5.10. The second-order valence-corrected chi connectivity index (χ2v) is 6.15. The van der Waals surface area contributed by atoms with Crippen LogP contribution in [0.4, 0.5) is 0 Å². The molecule has 3 nitrogen and oxygen atoms in total. The molecule has 0 aliphatic heterocycles. The van der Waals surface area contributed by atoms with Crippen molar-refractivity contribution in [3.05, 3.63) is 90.3 Å². The molecule has 26 heavy (non-hydrogen) atoms. The summed E-state index contributed by atoms with van der Waals surface area (Å²) in [6.45, 7) is 1.42. The zero-order valence-electron chi connectivity index (χ0n) is 15.0. The third kappa shape index (κ3) is 6.25. The van der Waals surface area contributed by atoms with Crippen LogP contribution in [0.3, 0.4) is 0 Å². The van der Waals surface area contributed by atoms with E-state index in [-0.39, 0.29) is 0 Å². The van der Waals surface area contributed by atoms with Crippen molar-refractivity contribution < 1.29 is 9.47 Å². The molecule has 0 aliphatic carbocycles. The van der Waals surface area contributed by atoms with Gasteiger partial charge in [-0.25, -0.2) is 0 Å². The van der Waals surface area contributed by atoms with Crippen LogP contribution in [0.25, 0.3) is 0 Å². The van der Waals surface area contributed by atoms with Crippen molar-refractivity contribution in [1.29, 1.82) is 0 Å². The predicted molar refractivity (Wildman–Crippen MR) is 105 cm³/mol. The smallest absolute Gasteiger partial charge is 0.119 e. The molecule has 2 aromatic carbocycles. The van der Waals surface area contributed by atoms with Crippen LogP contribution in [0.2, 0.25) is 0 Å². The van der Waals surface area contributed by atoms with Gasteiger partial charge >= 0.3 is 0 Å². The Morgan fingerprint density at radius 3 is 1.46 bits per heavy atom. The molecular weight excluding hydrogens is 322 g/mol. The lowest BCUT2D eigenvalue weighted by Crippen LogP contribution is -2.03. The number of benzene rings is 2. The summed E-state index contributed by atoms with van der Waals surface area (Å²) in [6.07, 6.45) is 3.79. The van der Waals surface area contributed by atoms with Gasteiger partial charge in [-0.3, -0.25) is 4.98 Å². The minimum atomic E-state index is 0.709. The van der Waals surface area contributed by atoms with Gasteiger partial charge in [0.25, 0.3) is 0 Å². The van der Waals surface area contributed by atoms with Crippen molar-refractivity contribution in [2.24, 2.45) is 0 Å². The topological polar surface area (TPSA) is 31.4 Å². The molecule has 0 radical (unpaired) electrons. The molecule has 0 unspecified atom stereocenters. The minimum absolute atomic E-state index is 0.709. The van der Waals surface area contributed by atoms with E-state index in [9.17, 15) is 0 Å². The van der Waals surface area contributed by atoms with E-state index in [2.05, 4.69) is 18.2 Å². The van der Waals surface area contributed by atoms with Gasteiger partial charge in [0.15, 0.2) is 0 Å². The molecular formula is C23H25NO2. The largest absolute Gasteiger partial charge is 0.494 e. The zero-order valence-corrected chi connectivity index (χ0v) is 15.0. The molecule has 0 saturated heterocycles. The van der Waals surface area contributed by atoms with Crippen molar-refractivity contribution in [1.82, 2.24) is 4.98 Å². The van der Waals surface area contributed by atoms with Gasteiger partial charge in [-0.15, -0.1) is 0 Å². The zero-order chi connectivity index (χ0) is 17.9. The summed E-state index contributed by atoms with van der Waals surface area (Å²) in [5.41, 5.74) is 2.26. The summed E-state index contributed by atoms with van der Waals surface area (Å²) >= 11 is 0. The summed E-state index contributed by atoms with van der Waals surface area (Å²) in [5.74, 6) is 1.85. The maximum absolute atomic E-state index is 5.74. The standard InChI is InChI=1S/C23H25NO2/c1-3-14-22(15-4-1)25-18-8-12-20-10-7-11-21(24-20)13-9-19-26-23-16-5-2-6-17-23/h1-7,10-11,14-17H,8-9,12-13,18-19H2. The molecule has 0 aliphatic rings. The third-order valence-corrected chi connectivity index (χ3v) is 4.04. The average molecular weight is 347 g/mol. The number of ether oxygens (including phenoxy) is 2. The molecule has 3 rings (SSSR count). The van der Waals surface area contributed by atoms with Gasteiger partial charge in [0, 0.05) is 11.4 Å². The Morgan fingerprint density at radius 2 is 1.00 bits per heavy atom. The molecule has 3 heteroatoms. The Labute approximate surface area is 155 Å². The molecule has 134 valence electrons. The lowest BCUT2D eigenvalue weighted by atomic mass is 10.1. The highest BCUT2D eigenvalue weighted by molar-refractivity contribution is 5.21. The Hall–Kier alpha value is -2.81. The molecule has 0 N–H and O–H groups in total. The van der Waals surface area contributed by atoms with Crippen molar-refractivity contribution in [2.45, 2.75) is 25.7 Å². The monoisotopic (exact) mass is 347 g/mol. The number of pyridine rings is 1. The van der Waals surface area contributed by atoms with E-state index < -0.39 is 0 Å². The van der Waals surface area contributed by atoms with E-state index in [0.717, 1.165) is 48.6 Å². The lowest BCUT2D eigenvalue weighted by Gasteiger charge is -2.08. The Balaban J connectivity index is 1.36. The molecule has 0 saturated carbocycles. The fourth-order valence-electron chi connectivity index (χ4n) is 2.73. The van der Waals surface area contributed by atoms with Crippen LogP contribution in [0.5, 0.6) is 11.5 Å². The van der Waals surface area contributed by atoms with Gasteiger partial charge in [0.1, 0.15) is 11.5 Å². The minimum Gasteiger partial charge on any atom is -0.494 e. The number of aromatic nitrogens is 1. The third-order valence-electron chi connectivity index (χ3n) is 4.04. The van der Waals surface area contributed by atoms with Crippen molar-refractivity contribution in [3.8, 4) is 11.5 Å². The van der Waals surface area contributed by atoms with Crippen molar-refractivity contribution in [2.75, 3.05) is 13.2 Å². The summed E-state index contributed by atoms with van der Waals surface area (Å²) in [7, 11) is 0. The van der Waals surface area contributed by atoms with Crippen LogP contribution in [-0.2, 0) is 12.8 Å². The molecule has 0 atom stereocenters. The van der Waals surface area contributed by atoms with Gasteiger partial charge in [-0.1, -0.05) is 42.5 Å². The maximum Gasteiger partial charge on any atom is 0.119 e. The van der Waals surface area contributed by atoms with Gasteiger partial charge in [0.05, 0.1) is 13.2 Å². The van der Waals surface area contributed by atoms with Crippen LogP contribution >= 0.6 is 0 Å². The maximum atomic E-state index is 5.74. The first-order valence-corrected chi connectivity index (χ1v) is 9.21. The summed E-state index contributed by atoms with van der Waals surface area (Å²) in [6, 6.07) is 26.1. The highest BCUT2D eigenvalue weighted by atomic mass is 16.5. The second kappa shape index (κ2) is 10.2. The number of rotatable bonds is 10. The van der Waals surface area contributed by atoms with Gasteiger partial charge in [-0.2, -0.15) is 0 Å². The first-order valence-electron chi connectivity index (χ1n) is 9.21. The quantitative estimate of drug-likeness (QED) is 0.478. The van der Waals surface area contributed by atoms with Crippen LogP contribution < -0.4 is 9.47 Å². The van der Waals surface area contributed by atoms with Gasteiger partial charge < -0.3 is 9.47 Å².